The van der Waals surface area contributed by atoms with Crippen molar-refractivity contribution in [2.45, 2.75) is 50.7 Å². The molecular weight excluding hydrogens is 673 g/mol. The number of anilines is 1. The predicted molar refractivity (Wildman–Crippen MR) is 181 cm³/mol. The molecule has 0 saturated heterocycles. The predicted octanol–water partition coefficient (Wildman–Crippen LogP) is 6.27. The lowest BCUT2D eigenvalue weighted by atomic mass is 10.0. The van der Waals surface area contributed by atoms with Crippen LogP contribution in [0.25, 0.3) is 0 Å². The molecule has 0 aromatic heterocycles. The first kappa shape index (κ1) is 34.6. The summed E-state index contributed by atoms with van der Waals surface area (Å²) >= 11 is 3.36. The summed E-state index contributed by atoms with van der Waals surface area (Å²) in [5.74, 6) is -1.23. The number of amides is 2. The van der Waals surface area contributed by atoms with Crippen LogP contribution in [-0.4, -0.2) is 50.9 Å². The zero-order chi connectivity index (χ0) is 33.4. The van der Waals surface area contributed by atoms with Crippen molar-refractivity contribution in [2.75, 3.05) is 18.0 Å². The molecule has 0 unspecified atom stereocenters. The van der Waals surface area contributed by atoms with Crippen LogP contribution in [0, 0.1) is 12.7 Å². The Balaban J connectivity index is 1.82. The molecule has 11 heteroatoms. The molecule has 4 aromatic rings. The van der Waals surface area contributed by atoms with Crippen LogP contribution >= 0.6 is 15.9 Å². The number of carbonyl (C=O) groups is 2. The third kappa shape index (κ3) is 8.52. The maximum absolute atomic E-state index is 15.0. The first-order valence-corrected chi connectivity index (χ1v) is 16.9. The van der Waals surface area contributed by atoms with Crippen LogP contribution in [-0.2, 0) is 32.6 Å². The molecule has 4 rings (SSSR count). The molecule has 0 aliphatic rings. The molecule has 242 valence electrons. The van der Waals surface area contributed by atoms with E-state index in [4.69, 9.17) is 4.74 Å². The van der Waals surface area contributed by atoms with Crippen LogP contribution in [0.15, 0.2) is 106 Å². The highest BCUT2D eigenvalue weighted by atomic mass is 79.9. The van der Waals surface area contributed by atoms with Gasteiger partial charge in [0.1, 0.15) is 24.2 Å². The van der Waals surface area contributed by atoms with Crippen molar-refractivity contribution in [1.82, 2.24) is 10.2 Å². The number of sulfonamides is 1. The highest BCUT2D eigenvalue weighted by Crippen LogP contribution is 2.31. The van der Waals surface area contributed by atoms with Gasteiger partial charge in [0.15, 0.2) is 0 Å². The third-order valence-corrected chi connectivity index (χ3v) is 9.70. The van der Waals surface area contributed by atoms with Crippen molar-refractivity contribution in [3.8, 4) is 5.75 Å². The smallest absolute Gasteiger partial charge is 0.264 e. The van der Waals surface area contributed by atoms with Crippen molar-refractivity contribution in [2.24, 2.45) is 0 Å². The number of benzene rings is 4. The van der Waals surface area contributed by atoms with Crippen molar-refractivity contribution in [1.29, 1.82) is 0 Å². The number of aryl methyl sites for hydroxylation is 1. The SMILES string of the molecule is COc1ccc(S(=O)(=O)N(CC(=O)N(Cc2ccccc2F)[C@H](Cc2ccccc2)C(=O)NC(C)C)c2ccc(C)cc2)cc1Br. The van der Waals surface area contributed by atoms with Gasteiger partial charge in [0, 0.05) is 24.6 Å². The normalized spacial score (nSPS) is 12.0. The van der Waals surface area contributed by atoms with Crippen molar-refractivity contribution in [3.05, 3.63) is 124 Å². The fraction of sp³-hybridized carbons (Fsp3) is 0.257. The molecule has 1 N–H and O–H groups in total. The first-order chi connectivity index (χ1) is 21.9. The Labute approximate surface area is 278 Å². The molecule has 0 fully saturated rings. The van der Waals surface area contributed by atoms with Crippen LogP contribution in [0.3, 0.4) is 0 Å². The fourth-order valence-corrected chi connectivity index (χ4v) is 7.05. The molecule has 0 bridgehead atoms. The van der Waals surface area contributed by atoms with E-state index in [-0.39, 0.29) is 35.2 Å². The van der Waals surface area contributed by atoms with Crippen LogP contribution in [0.2, 0.25) is 0 Å². The minimum atomic E-state index is -4.32. The fourth-order valence-electron chi connectivity index (χ4n) is 4.92. The number of nitrogens with one attached hydrogen (secondary N) is 1. The van der Waals surface area contributed by atoms with Gasteiger partial charge in [0.25, 0.3) is 10.0 Å². The minimum Gasteiger partial charge on any atom is -0.496 e. The summed E-state index contributed by atoms with van der Waals surface area (Å²) in [7, 11) is -2.85. The lowest BCUT2D eigenvalue weighted by molar-refractivity contribution is -0.140. The van der Waals surface area contributed by atoms with E-state index < -0.39 is 40.2 Å². The van der Waals surface area contributed by atoms with Gasteiger partial charge in [0.2, 0.25) is 11.8 Å². The number of methoxy groups -OCH3 is 1. The summed E-state index contributed by atoms with van der Waals surface area (Å²) in [6, 6.07) is 24.9. The number of carbonyl (C=O) groups excluding carboxylic acids is 2. The molecule has 0 radical (unpaired) electrons. The van der Waals surface area contributed by atoms with Crippen molar-refractivity contribution in [3.63, 3.8) is 0 Å². The largest absolute Gasteiger partial charge is 0.496 e. The van der Waals surface area contributed by atoms with Crippen LogP contribution < -0.4 is 14.4 Å². The first-order valence-electron chi connectivity index (χ1n) is 14.7. The molecular formula is C35H37BrFN3O5S. The van der Waals surface area contributed by atoms with E-state index in [2.05, 4.69) is 21.2 Å². The second kappa shape index (κ2) is 15.4. The maximum Gasteiger partial charge on any atom is 0.264 e. The van der Waals surface area contributed by atoms with E-state index in [1.165, 1.54) is 42.3 Å². The summed E-state index contributed by atoms with van der Waals surface area (Å²) < 4.78 is 50.2. The molecule has 1 atom stereocenters. The summed E-state index contributed by atoms with van der Waals surface area (Å²) in [4.78, 5) is 29.4. The summed E-state index contributed by atoms with van der Waals surface area (Å²) in [6.45, 7) is 4.57. The average Bonchev–Trinajstić information content (AvgIpc) is 3.02. The van der Waals surface area contributed by atoms with Gasteiger partial charge in [-0.2, -0.15) is 0 Å². The number of nitrogens with zero attached hydrogens (tertiary/aromatic N) is 2. The van der Waals surface area contributed by atoms with Gasteiger partial charge < -0.3 is 15.0 Å². The minimum absolute atomic E-state index is 0.0763. The molecule has 0 aliphatic heterocycles. The standard InChI is InChI=1S/C35H37BrFN3O5S/c1-24(2)38-35(42)32(20-26-10-6-5-7-11-26)39(22-27-12-8-9-13-31(27)37)34(41)23-40(28-16-14-25(3)15-17-28)46(43,44)29-18-19-33(45-4)30(36)21-29/h5-19,21,24,32H,20,22-23H2,1-4H3,(H,38,42)/t32-/m1/s1. The quantitative estimate of drug-likeness (QED) is 0.177. The average molecular weight is 711 g/mol. The lowest BCUT2D eigenvalue weighted by Crippen LogP contribution is -2.54. The molecule has 0 spiro atoms. The van der Waals surface area contributed by atoms with Gasteiger partial charge in [-0.15, -0.1) is 0 Å². The van der Waals surface area contributed by atoms with E-state index in [1.54, 1.807) is 50.2 Å². The number of ether oxygens (including phenoxy) is 1. The van der Waals surface area contributed by atoms with Crippen LogP contribution in [0.4, 0.5) is 10.1 Å². The van der Waals surface area contributed by atoms with E-state index >= 15 is 4.39 Å². The summed E-state index contributed by atoms with van der Waals surface area (Å²) in [5, 5.41) is 2.89. The summed E-state index contributed by atoms with van der Waals surface area (Å²) in [5.41, 5.74) is 2.12. The van der Waals surface area contributed by atoms with Gasteiger partial charge in [0.05, 0.1) is 22.2 Å². The van der Waals surface area contributed by atoms with Gasteiger partial charge in [-0.3, -0.25) is 13.9 Å². The number of hydrogen-bond donors (Lipinski definition) is 1. The topological polar surface area (TPSA) is 96.0 Å². The lowest BCUT2D eigenvalue weighted by Gasteiger charge is -2.34. The second-order valence-corrected chi connectivity index (χ2v) is 13.8. The maximum atomic E-state index is 15.0. The van der Waals surface area contributed by atoms with Crippen LogP contribution in [0.5, 0.6) is 5.75 Å². The second-order valence-electron chi connectivity index (χ2n) is 11.1. The Morgan fingerprint density at radius 2 is 1.59 bits per heavy atom. The van der Waals surface area contributed by atoms with Gasteiger partial charge in [-0.25, -0.2) is 12.8 Å². The zero-order valence-electron chi connectivity index (χ0n) is 26.1. The number of hydrogen-bond acceptors (Lipinski definition) is 5. The highest BCUT2D eigenvalue weighted by Gasteiger charge is 2.35. The summed E-state index contributed by atoms with van der Waals surface area (Å²) in [6.07, 6.45) is 0.127. The molecule has 8 nitrogen and oxygen atoms in total. The van der Waals surface area contributed by atoms with E-state index in [9.17, 15) is 18.0 Å². The third-order valence-electron chi connectivity index (χ3n) is 7.31. The Morgan fingerprint density at radius 1 is 0.935 bits per heavy atom. The molecule has 0 saturated carbocycles. The Bertz CT molecular complexity index is 1770. The van der Waals surface area contributed by atoms with Crippen LogP contribution in [0.1, 0.15) is 30.5 Å². The molecule has 4 aromatic carbocycles. The molecule has 0 heterocycles. The Morgan fingerprint density at radius 3 is 2.20 bits per heavy atom. The van der Waals surface area contributed by atoms with Gasteiger partial charge >= 0.3 is 0 Å². The molecule has 46 heavy (non-hydrogen) atoms. The Kier molecular flexibility index (Phi) is 11.6. The number of rotatable bonds is 13. The van der Waals surface area contributed by atoms with Crippen molar-refractivity contribution >= 4 is 43.5 Å². The van der Waals surface area contributed by atoms with Gasteiger partial charge in [-0.05, 0) is 78.7 Å². The molecule has 2 amide bonds. The Hall–Kier alpha value is -4.22. The van der Waals surface area contributed by atoms with Crippen molar-refractivity contribution < 1.29 is 27.1 Å². The van der Waals surface area contributed by atoms with E-state index in [1.807, 2.05) is 37.3 Å². The van der Waals surface area contributed by atoms with Gasteiger partial charge in [-0.1, -0.05) is 66.2 Å². The van der Waals surface area contributed by atoms with E-state index in [0.29, 0.717) is 10.2 Å². The monoisotopic (exact) mass is 709 g/mol. The molecule has 0 aliphatic carbocycles. The van der Waals surface area contributed by atoms with E-state index in [0.717, 1.165) is 15.4 Å². The highest BCUT2D eigenvalue weighted by molar-refractivity contribution is 9.10. The number of halogens is 2. The zero-order valence-corrected chi connectivity index (χ0v) is 28.5.